The fourth-order valence-electron chi connectivity index (χ4n) is 3.46. The van der Waals surface area contributed by atoms with Crippen LogP contribution in [0.3, 0.4) is 0 Å². The van der Waals surface area contributed by atoms with Gasteiger partial charge in [0.2, 0.25) is 0 Å². The van der Waals surface area contributed by atoms with Gasteiger partial charge in [0.25, 0.3) is 0 Å². The van der Waals surface area contributed by atoms with Gasteiger partial charge >= 0.3 is 12.1 Å². The number of nitrogens with one attached hydrogen (secondary N) is 1. The Morgan fingerprint density at radius 3 is 2.69 bits per heavy atom. The molecule has 1 heterocycles. The van der Waals surface area contributed by atoms with Crippen molar-refractivity contribution in [1.29, 1.82) is 0 Å². The zero-order valence-electron chi connectivity index (χ0n) is 15.1. The molecule has 3 rings (SSSR count). The quantitative estimate of drug-likeness (QED) is 0.749. The smallest absolute Gasteiger partial charge is 0.407 e. The van der Waals surface area contributed by atoms with Gasteiger partial charge in [-0.2, -0.15) is 0 Å². The average molecular weight is 423 g/mol. The maximum Gasteiger partial charge on any atom is 0.407 e. The number of rotatable bonds is 3. The number of halogens is 1. The van der Waals surface area contributed by atoms with Crippen molar-refractivity contribution < 1.29 is 19.4 Å². The van der Waals surface area contributed by atoms with E-state index in [0.717, 1.165) is 34.6 Å². The molecule has 26 heavy (non-hydrogen) atoms. The lowest BCUT2D eigenvalue weighted by Crippen LogP contribution is -2.38. The molecule has 1 saturated carbocycles. The fraction of sp³-hybridized carbons (Fsp3) is 0.474. The highest BCUT2D eigenvalue weighted by molar-refractivity contribution is 9.10. The molecule has 1 unspecified atom stereocenters. The minimum atomic E-state index is -0.936. The van der Waals surface area contributed by atoms with Crippen LogP contribution in [0.4, 0.5) is 4.79 Å². The van der Waals surface area contributed by atoms with E-state index in [9.17, 15) is 14.7 Å². The number of nitrogens with zero attached hydrogens (tertiary/aromatic N) is 1. The van der Waals surface area contributed by atoms with E-state index in [-0.39, 0.29) is 23.7 Å². The molecule has 140 valence electrons. The number of ether oxygens (including phenoxy) is 1. The first-order valence-electron chi connectivity index (χ1n) is 8.67. The maximum atomic E-state index is 12.0. The minimum Gasteiger partial charge on any atom is -0.478 e. The van der Waals surface area contributed by atoms with E-state index in [1.807, 2.05) is 33.0 Å². The first kappa shape index (κ1) is 18.8. The van der Waals surface area contributed by atoms with Crippen LogP contribution in [0.5, 0.6) is 0 Å². The van der Waals surface area contributed by atoms with Crippen molar-refractivity contribution in [2.24, 2.45) is 0 Å². The van der Waals surface area contributed by atoms with Crippen molar-refractivity contribution in [2.45, 2.75) is 57.7 Å². The van der Waals surface area contributed by atoms with Gasteiger partial charge < -0.3 is 19.7 Å². The molecule has 0 bridgehead atoms. The lowest BCUT2D eigenvalue weighted by Gasteiger charge is -2.22. The van der Waals surface area contributed by atoms with E-state index in [1.165, 1.54) is 0 Å². The van der Waals surface area contributed by atoms with Gasteiger partial charge in [0.1, 0.15) is 5.60 Å². The molecule has 6 nitrogen and oxygen atoms in total. The van der Waals surface area contributed by atoms with Gasteiger partial charge in [0.15, 0.2) is 0 Å². The molecule has 1 amide bonds. The molecule has 2 N–H and O–H groups in total. The number of aromatic carboxylic acids is 1. The van der Waals surface area contributed by atoms with Gasteiger partial charge in [-0.15, -0.1) is 0 Å². The number of amides is 1. The second-order valence-electron chi connectivity index (χ2n) is 7.73. The number of carboxylic acid groups (broad SMARTS) is 1. The van der Waals surface area contributed by atoms with Crippen LogP contribution in [0.1, 0.15) is 56.4 Å². The van der Waals surface area contributed by atoms with Crippen LogP contribution in [0, 0.1) is 0 Å². The van der Waals surface area contributed by atoms with Crippen molar-refractivity contribution in [3.05, 3.63) is 34.4 Å². The highest BCUT2D eigenvalue weighted by atomic mass is 79.9. The molecule has 0 saturated heterocycles. The van der Waals surface area contributed by atoms with E-state index in [4.69, 9.17) is 4.74 Å². The van der Waals surface area contributed by atoms with Crippen molar-refractivity contribution in [3.8, 4) is 0 Å². The Balaban J connectivity index is 1.75. The van der Waals surface area contributed by atoms with E-state index in [2.05, 4.69) is 25.8 Å². The predicted molar refractivity (Wildman–Crippen MR) is 103 cm³/mol. The number of carbonyl (C=O) groups is 2. The first-order chi connectivity index (χ1) is 12.1. The summed E-state index contributed by atoms with van der Waals surface area (Å²) < 4.78 is 8.37. The minimum absolute atomic E-state index is 0.0735. The molecule has 1 aromatic heterocycles. The van der Waals surface area contributed by atoms with E-state index in [1.54, 1.807) is 12.1 Å². The molecule has 0 spiro atoms. The maximum absolute atomic E-state index is 12.0. The Labute approximate surface area is 160 Å². The fourth-order valence-corrected chi connectivity index (χ4v) is 4.00. The molecule has 2 aromatic rings. The summed E-state index contributed by atoms with van der Waals surface area (Å²) in [4.78, 5) is 23.2. The SMILES string of the molecule is CC(C)(C)OC(=O)N[C@@H]1CCC(n2cc(Br)c3cc(C(=O)O)ccc32)C1. The lowest BCUT2D eigenvalue weighted by molar-refractivity contribution is 0.0504. The average Bonchev–Trinajstić information content (AvgIpc) is 3.10. The Bertz CT molecular complexity index is 853. The molecule has 1 aliphatic carbocycles. The molecule has 1 aromatic carbocycles. The van der Waals surface area contributed by atoms with Gasteiger partial charge in [0.05, 0.1) is 5.56 Å². The van der Waals surface area contributed by atoms with Crippen molar-refractivity contribution in [3.63, 3.8) is 0 Å². The third-order valence-electron chi connectivity index (χ3n) is 4.55. The topological polar surface area (TPSA) is 80.6 Å². The van der Waals surface area contributed by atoms with Crippen molar-refractivity contribution in [2.75, 3.05) is 0 Å². The summed E-state index contributed by atoms with van der Waals surface area (Å²) in [6.07, 6.45) is 4.26. The van der Waals surface area contributed by atoms with Gasteiger partial charge in [-0.25, -0.2) is 9.59 Å². The largest absolute Gasteiger partial charge is 0.478 e. The van der Waals surface area contributed by atoms with E-state index < -0.39 is 11.6 Å². The third-order valence-corrected chi connectivity index (χ3v) is 5.18. The molecule has 7 heteroatoms. The number of carbonyl (C=O) groups excluding carboxylic acids is 1. The normalized spacial score (nSPS) is 20.3. The first-order valence-corrected chi connectivity index (χ1v) is 9.46. The van der Waals surface area contributed by atoms with Gasteiger partial charge in [-0.3, -0.25) is 0 Å². The second kappa shape index (κ2) is 6.95. The summed E-state index contributed by atoms with van der Waals surface area (Å²) in [5.41, 5.74) is 0.752. The van der Waals surface area contributed by atoms with Crippen molar-refractivity contribution in [1.82, 2.24) is 9.88 Å². The zero-order chi connectivity index (χ0) is 19.1. The summed E-state index contributed by atoms with van der Waals surface area (Å²) in [7, 11) is 0. The van der Waals surface area contributed by atoms with Crippen molar-refractivity contribution >= 4 is 38.9 Å². The molecule has 2 atom stereocenters. The summed E-state index contributed by atoms with van der Waals surface area (Å²) in [5, 5.41) is 13.0. The van der Waals surface area contributed by atoms with Crippen LogP contribution in [-0.2, 0) is 4.74 Å². The third kappa shape index (κ3) is 4.03. The molecule has 0 aliphatic heterocycles. The summed E-state index contributed by atoms with van der Waals surface area (Å²) in [5.74, 6) is -0.936. The van der Waals surface area contributed by atoms with E-state index in [0.29, 0.717) is 0 Å². The zero-order valence-corrected chi connectivity index (χ0v) is 16.7. The van der Waals surface area contributed by atoms with Gasteiger partial charge in [-0.1, -0.05) is 0 Å². The summed E-state index contributed by atoms with van der Waals surface area (Å²) in [6, 6.07) is 5.48. The molecule has 1 aliphatic rings. The van der Waals surface area contributed by atoms with Gasteiger partial charge in [-0.05, 0) is 74.2 Å². The van der Waals surface area contributed by atoms with Crippen LogP contribution >= 0.6 is 15.9 Å². The van der Waals surface area contributed by atoms with Crippen LogP contribution in [-0.4, -0.2) is 33.4 Å². The van der Waals surface area contributed by atoms with Crippen LogP contribution < -0.4 is 5.32 Å². The lowest BCUT2D eigenvalue weighted by atomic mass is 10.1. The van der Waals surface area contributed by atoms with E-state index >= 15 is 0 Å². The number of aromatic nitrogens is 1. The van der Waals surface area contributed by atoms with Crippen LogP contribution in [0.25, 0.3) is 10.9 Å². The van der Waals surface area contributed by atoms with Crippen LogP contribution in [0.2, 0.25) is 0 Å². The Morgan fingerprint density at radius 1 is 1.31 bits per heavy atom. The Hall–Kier alpha value is -2.02. The highest BCUT2D eigenvalue weighted by Gasteiger charge is 2.29. The number of fused-ring (bicyclic) bond motifs is 1. The summed E-state index contributed by atoms with van der Waals surface area (Å²) >= 11 is 3.53. The number of benzene rings is 1. The second-order valence-corrected chi connectivity index (χ2v) is 8.59. The standard InChI is InChI=1S/C19H23BrN2O4/c1-19(2,3)26-18(25)21-12-5-6-13(9-12)22-10-15(20)14-8-11(17(23)24)4-7-16(14)22/h4,7-8,10,12-13H,5-6,9H2,1-3H3,(H,21,25)(H,23,24)/t12-,13?/m1/s1. The number of hydrogen-bond acceptors (Lipinski definition) is 3. The van der Waals surface area contributed by atoms with Gasteiger partial charge in [0, 0.05) is 33.7 Å². The molecular weight excluding hydrogens is 400 g/mol. The number of hydrogen-bond donors (Lipinski definition) is 2. The Morgan fingerprint density at radius 2 is 2.04 bits per heavy atom. The monoisotopic (exact) mass is 422 g/mol. The molecular formula is C19H23BrN2O4. The predicted octanol–water partition coefficient (Wildman–Crippen LogP) is 4.72. The molecule has 1 fully saturated rings. The highest BCUT2D eigenvalue weighted by Crippen LogP contribution is 2.36. The number of alkyl carbamates (subject to hydrolysis) is 1. The van der Waals surface area contributed by atoms with Crippen LogP contribution in [0.15, 0.2) is 28.9 Å². The number of carboxylic acids is 1. The molecule has 0 radical (unpaired) electrons. The Kier molecular flexibility index (Phi) is 5.01. The summed E-state index contributed by atoms with van der Waals surface area (Å²) in [6.45, 7) is 5.54.